The molecule has 2 rings (SSSR count). The van der Waals surface area contributed by atoms with Crippen molar-refractivity contribution in [2.75, 3.05) is 6.54 Å². The van der Waals surface area contributed by atoms with Gasteiger partial charge in [0.1, 0.15) is 0 Å². The maximum atomic E-state index is 11.6. The maximum absolute atomic E-state index is 11.6. The van der Waals surface area contributed by atoms with Crippen LogP contribution in [0.1, 0.15) is 18.7 Å². The largest absolute Gasteiger partial charge is 0.348 e. The number of carbonyl (C=O) groups is 1. The minimum atomic E-state index is -0.316. The third-order valence-corrected chi connectivity index (χ3v) is 2.54. The van der Waals surface area contributed by atoms with Gasteiger partial charge in [0.25, 0.3) is 0 Å². The van der Waals surface area contributed by atoms with Crippen molar-refractivity contribution < 1.29 is 9.32 Å². The molecule has 0 aromatic carbocycles. The number of nitrogens with one attached hydrogen (secondary N) is 1. The number of nitrogens with zero attached hydrogens (tertiary/aromatic N) is 2. The number of aromatic nitrogens is 2. The predicted octanol–water partition coefficient (Wildman–Crippen LogP) is -0.575. The Kier molecular flexibility index (Phi) is 2.20. The second-order valence-electron chi connectivity index (χ2n) is 3.51. The van der Waals surface area contributed by atoms with Gasteiger partial charge in [-0.05, 0) is 12.8 Å². The lowest BCUT2D eigenvalue weighted by Crippen LogP contribution is -2.36. The van der Waals surface area contributed by atoms with E-state index in [-0.39, 0.29) is 11.3 Å². The summed E-state index contributed by atoms with van der Waals surface area (Å²) in [6.07, 6.45) is 2.99. The summed E-state index contributed by atoms with van der Waals surface area (Å²) >= 11 is 0. The van der Waals surface area contributed by atoms with Gasteiger partial charge in [0.05, 0.1) is 12.0 Å². The van der Waals surface area contributed by atoms with Crippen molar-refractivity contribution in [2.45, 2.75) is 19.4 Å². The van der Waals surface area contributed by atoms with E-state index in [0.717, 1.165) is 12.8 Å². The molecule has 6 heteroatoms. The van der Waals surface area contributed by atoms with Crippen molar-refractivity contribution in [1.82, 2.24) is 15.5 Å². The lowest BCUT2D eigenvalue weighted by atomic mass is 10.1. The molecular formula is C8H12N4O2. The first-order chi connectivity index (χ1) is 6.77. The van der Waals surface area contributed by atoms with Crippen molar-refractivity contribution >= 4 is 5.91 Å². The van der Waals surface area contributed by atoms with Crippen LogP contribution in [0, 0.1) is 5.41 Å². The van der Waals surface area contributed by atoms with Gasteiger partial charge in [0.15, 0.2) is 5.82 Å². The molecule has 1 aliphatic carbocycles. The van der Waals surface area contributed by atoms with Crippen LogP contribution in [0.15, 0.2) is 10.9 Å². The molecule has 1 fully saturated rings. The van der Waals surface area contributed by atoms with E-state index in [1.807, 2.05) is 0 Å². The molecule has 1 heterocycles. The average molecular weight is 196 g/mol. The lowest BCUT2D eigenvalue weighted by molar-refractivity contribution is -0.126. The summed E-state index contributed by atoms with van der Waals surface area (Å²) in [5, 5.41) is 6.32. The van der Waals surface area contributed by atoms with Crippen LogP contribution < -0.4 is 11.1 Å². The SMILES string of the molecule is NCC1(C(=O)NCc2ncon2)CC1. The fourth-order valence-corrected chi connectivity index (χ4v) is 1.29. The van der Waals surface area contributed by atoms with E-state index in [0.29, 0.717) is 18.9 Å². The van der Waals surface area contributed by atoms with Crippen LogP contribution in [-0.2, 0) is 11.3 Å². The van der Waals surface area contributed by atoms with Gasteiger partial charge in [0.2, 0.25) is 12.3 Å². The molecule has 0 saturated heterocycles. The van der Waals surface area contributed by atoms with Crippen LogP contribution in [0.4, 0.5) is 0 Å². The fourth-order valence-electron chi connectivity index (χ4n) is 1.29. The third kappa shape index (κ3) is 1.60. The number of nitrogens with two attached hydrogens (primary N) is 1. The Balaban J connectivity index is 1.84. The summed E-state index contributed by atoms with van der Waals surface area (Å²) in [5.41, 5.74) is 5.19. The molecule has 0 atom stereocenters. The molecule has 0 radical (unpaired) electrons. The molecule has 0 unspecified atom stereocenters. The molecule has 6 nitrogen and oxygen atoms in total. The van der Waals surface area contributed by atoms with Crippen LogP contribution in [0.2, 0.25) is 0 Å². The van der Waals surface area contributed by atoms with E-state index in [2.05, 4.69) is 20.0 Å². The molecule has 76 valence electrons. The second kappa shape index (κ2) is 3.38. The van der Waals surface area contributed by atoms with Crippen molar-refractivity contribution in [1.29, 1.82) is 0 Å². The van der Waals surface area contributed by atoms with Crippen LogP contribution >= 0.6 is 0 Å². The number of amides is 1. The topological polar surface area (TPSA) is 94.0 Å². The quantitative estimate of drug-likeness (QED) is 0.672. The molecule has 14 heavy (non-hydrogen) atoms. The molecule has 1 saturated carbocycles. The normalized spacial score (nSPS) is 17.8. The molecule has 3 N–H and O–H groups in total. The smallest absolute Gasteiger partial charge is 0.227 e. The minimum absolute atomic E-state index is 0.00944. The van der Waals surface area contributed by atoms with Gasteiger partial charge in [0, 0.05) is 6.54 Å². The molecule has 1 aromatic rings. The Hall–Kier alpha value is -1.43. The highest BCUT2D eigenvalue weighted by atomic mass is 16.5. The Morgan fingerprint density at radius 3 is 3.00 bits per heavy atom. The summed E-state index contributed by atoms with van der Waals surface area (Å²) < 4.78 is 4.54. The summed E-state index contributed by atoms with van der Waals surface area (Å²) in [7, 11) is 0. The molecule has 1 amide bonds. The van der Waals surface area contributed by atoms with Crippen molar-refractivity contribution in [3.8, 4) is 0 Å². The molecule has 0 spiro atoms. The first kappa shape index (κ1) is 9.14. The zero-order chi connectivity index (χ0) is 10.0. The summed E-state index contributed by atoms with van der Waals surface area (Å²) in [6, 6.07) is 0. The van der Waals surface area contributed by atoms with E-state index in [1.165, 1.54) is 6.39 Å². The average Bonchev–Trinajstić information content (AvgIpc) is 2.84. The Labute approximate surface area is 80.9 Å². The van der Waals surface area contributed by atoms with Gasteiger partial charge in [-0.1, -0.05) is 5.16 Å². The Morgan fingerprint density at radius 1 is 1.71 bits per heavy atom. The van der Waals surface area contributed by atoms with Gasteiger partial charge < -0.3 is 15.6 Å². The van der Waals surface area contributed by atoms with Crippen LogP contribution in [0.25, 0.3) is 0 Å². The van der Waals surface area contributed by atoms with E-state index < -0.39 is 0 Å². The zero-order valence-electron chi connectivity index (χ0n) is 7.69. The molecular weight excluding hydrogens is 184 g/mol. The predicted molar refractivity (Wildman–Crippen MR) is 46.9 cm³/mol. The molecule has 0 aliphatic heterocycles. The highest BCUT2D eigenvalue weighted by Crippen LogP contribution is 2.44. The van der Waals surface area contributed by atoms with Crippen molar-refractivity contribution in [2.24, 2.45) is 11.1 Å². The van der Waals surface area contributed by atoms with Crippen LogP contribution in [-0.4, -0.2) is 22.6 Å². The van der Waals surface area contributed by atoms with Gasteiger partial charge >= 0.3 is 0 Å². The van der Waals surface area contributed by atoms with Gasteiger partial charge in [-0.2, -0.15) is 4.98 Å². The molecule has 0 bridgehead atoms. The van der Waals surface area contributed by atoms with E-state index >= 15 is 0 Å². The standard InChI is InChI=1S/C8H12N4O2/c9-4-8(1-2-8)7(13)10-3-6-11-5-14-12-6/h5H,1-4,9H2,(H,10,13). The number of hydrogen-bond donors (Lipinski definition) is 2. The van der Waals surface area contributed by atoms with Crippen LogP contribution in [0.5, 0.6) is 0 Å². The highest BCUT2D eigenvalue weighted by Gasteiger charge is 2.48. The van der Waals surface area contributed by atoms with Crippen molar-refractivity contribution in [3.05, 3.63) is 12.2 Å². The zero-order valence-corrected chi connectivity index (χ0v) is 7.69. The number of hydrogen-bond acceptors (Lipinski definition) is 5. The number of rotatable bonds is 4. The fraction of sp³-hybridized carbons (Fsp3) is 0.625. The first-order valence-electron chi connectivity index (χ1n) is 4.50. The Bertz CT molecular complexity index is 318. The summed E-state index contributed by atoms with van der Waals surface area (Å²) in [6.45, 7) is 0.710. The van der Waals surface area contributed by atoms with Crippen LogP contribution in [0.3, 0.4) is 0 Å². The van der Waals surface area contributed by atoms with E-state index in [9.17, 15) is 4.79 Å². The van der Waals surface area contributed by atoms with Gasteiger partial charge in [-0.25, -0.2) is 0 Å². The second-order valence-corrected chi connectivity index (χ2v) is 3.51. The monoisotopic (exact) mass is 196 g/mol. The van der Waals surface area contributed by atoms with Gasteiger partial charge in [-0.15, -0.1) is 0 Å². The summed E-state index contributed by atoms with van der Waals surface area (Å²) in [5.74, 6) is 0.468. The summed E-state index contributed by atoms with van der Waals surface area (Å²) in [4.78, 5) is 15.4. The third-order valence-electron chi connectivity index (χ3n) is 2.54. The minimum Gasteiger partial charge on any atom is -0.348 e. The number of carbonyl (C=O) groups excluding carboxylic acids is 1. The van der Waals surface area contributed by atoms with E-state index in [1.54, 1.807) is 0 Å². The molecule has 1 aromatic heterocycles. The highest BCUT2D eigenvalue weighted by molar-refractivity contribution is 5.85. The van der Waals surface area contributed by atoms with Crippen molar-refractivity contribution in [3.63, 3.8) is 0 Å². The van der Waals surface area contributed by atoms with Gasteiger partial charge in [-0.3, -0.25) is 4.79 Å². The molecule has 1 aliphatic rings. The maximum Gasteiger partial charge on any atom is 0.227 e. The Morgan fingerprint density at radius 2 is 2.50 bits per heavy atom. The first-order valence-corrected chi connectivity index (χ1v) is 4.50. The lowest BCUT2D eigenvalue weighted by Gasteiger charge is -2.10. The van der Waals surface area contributed by atoms with E-state index in [4.69, 9.17) is 5.73 Å².